The lowest BCUT2D eigenvalue weighted by molar-refractivity contribution is 0.624. The smallest absolute Gasteiger partial charge is 0.191 e. The van der Waals surface area contributed by atoms with Crippen molar-refractivity contribution in [2.75, 3.05) is 5.75 Å². The Morgan fingerprint density at radius 2 is 2.13 bits per heavy atom. The summed E-state index contributed by atoms with van der Waals surface area (Å²) in [6.45, 7) is 7.91. The molecule has 0 aliphatic carbocycles. The maximum absolute atomic E-state index is 5.58. The maximum Gasteiger partial charge on any atom is 0.191 e. The van der Waals surface area contributed by atoms with Gasteiger partial charge in [0.25, 0.3) is 0 Å². The number of nitrogens with zero attached hydrogens (tertiary/aromatic N) is 3. The molecule has 86 valence electrons. The normalized spacial score (nSPS) is 11.3. The lowest BCUT2D eigenvalue weighted by Crippen LogP contribution is -2.08. The topological polar surface area (TPSA) is 56.7 Å². The Morgan fingerprint density at radius 1 is 1.40 bits per heavy atom. The summed E-state index contributed by atoms with van der Waals surface area (Å²) >= 11 is 1.77. The van der Waals surface area contributed by atoms with Crippen LogP contribution in [0.4, 0.5) is 0 Å². The highest BCUT2D eigenvalue weighted by atomic mass is 32.2. The maximum atomic E-state index is 5.58. The van der Waals surface area contributed by atoms with Crippen molar-refractivity contribution in [3.63, 3.8) is 0 Å². The number of rotatable bonds is 6. The highest BCUT2D eigenvalue weighted by molar-refractivity contribution is 7.99. The van der Waals surface area contributed by atoms with Crippen molar-refractivity contribution in [3.8, 4) is 0 Å². The Balaban J connectivity index is 2.56. The third kappa shape index (κ3) is 3.50. The van der Waals surface area contributed by atoms with Crippen molar-refractivity contribution in [2.24, 2.45) is 11.7 Å². The second-order valence-electron chi connectivity index (χ2n) is 3.88. The van der Waals surface area contributed by atoms with Gasteiger partial charge in [0.1, 0.15) is 5.82 Å². The number of hydrogen-bond donors (Lipinski definition) is 1. The first kappa shape index (κ1) is 12.5. The van der Waals surface area contributed by atoms with Gasteiger partial charge in [0.15, 0.2) is 5.16 Å². The van der Waals surface area contributed by atoms with E-state index in [1.807, 2.05) is 0 Å². The Labute approximate surface area is 95.6 Å². The predicted molar refractivity (Wildman–Crippen MR) is 63.8 cm³/mol. The third-order valence-corrected chi connectivity index (χ3v) is 3.22. The average Bonchev–Trinajstić information content (AvgIpc) is 2.59. The van der Waals surface area contributed by atoms with Crippen LogP contribution in [0.3, 0.4) is 0 Å². The van der Waals surface area contributed by atoms with Gasteiger partial charge in [-0.15, -0.1) is 10.2 Å². The SMILES string of the molecule is CCn1c(CN)nnc1SCCC(C)C. The summed E-state index contributed by atoms with van der Waals surface area (Å²) in [6.07, 6.45) is 1.21. The van der Waals surface area contributed by atoms with E-state index < -0.39 is 0 Å². The first-order chi connectivity index (χ1) is 7.19. The van der Waals surface area contributed by atoms with Crippen LogP contribution in [0.1, 0.15) is 33.0 Å². The van der Waals surface area contributed by atoms with E-state index in [2.05, 4.69) is 35.5 Å². The summed E-state index contributed by atoms with van der Waals surface area (Å²) in [5.74, 6) is 2.72. The van der Waals surface area contributed by atoms with E-state index in [0.717, 1.165) is 29.2 Å². The lowest BCUT2D eigenvalue weighted by atomic mass is 10.2. The minimum Gasteiger partial charge on any atom is -0.324 e. The molecule has 0 atom stereocenters. The molecule has 1 heterocycles. The van der Waals surface area contributed by atoms with Crippen molar-refractivity contribution >= 4 is 11.8 Å². The standard InChI is InChI=1S/C10H20N4S/c1-4-14-9(7-11)12-13-10(14)15-6-5-8(2)3/h8H,4-7,11H2,1-3H3. The van der Waals surface area contributed by atoms with Crippen LogP contribution in [0.2, 0.25) is 0 Å². The van der Waals surface area contributed by atoms with Crippen molar-refractivity contribution in [3.05, 3.63) is 5.82 Å². The van der Waals surface area contributed by atoms with E-state index in [4.69, 9.17) is 5.73 Å². The molecule has 1 aromatic heterocycles. The number of nitrogens with two attached hydrogens (primary N) is 1. The minimum atomic E-state index is 0.464. The summed E-state index contributed by atoms with van der Waals surface area (Å²) in [6, 6.07) is 0. The van der Waals surface area contributed by atoms with Crippen LogP contribution in [0.25, 0.3) is 0 Å². The van der Waals surface area contributed by atoms with Gasteiger partial charge in [0.2, 0.25) is 0 Å². The molecule has 0 aliphatic heterocycles. The molecule has 0 spiro atoms. The second-order valence-corrected chi connectivity index (χ2v) is 4.94. The molecule has 4 nitrogen and oxygen atoms in total. The Bertz CT molecular complexity index is 296. The minimum absolute atomic E-state index is 0.464. The molecular formula is C10H20N4S. The molecule has 0 bridgehead atoms. The highest BCUT2D eigenvalue weighted by Crippen LogP contribution is 2.19. The van der Waals surface area contributed by atoms with Gasteiger partial charge in [-0.2, -0.15) is 0 Å². The van der Waals surface area contributed by atoms with Crippen LogP contribution in [0.15, 0.2) is 5.16 Å². The first-order valence-corrected chi connectivity index (χ1v) is 6.42. The van der Waals surface area contributed by atoms with Crippen molar-refractivity contribution < 1.29 is 0 Å². The molecule has 0 fully saturated rings. The number of thioether (sulfide) groups is 1. The molecule has 0 radical (unpaired) electrons. The monoisotopic (exact) mass is 228 g/mol. The third-order valence-electron chi connectivity index (χ3n) is 2.22. The zero-order chi connectivity index (χ0) is 11.3. The summed E-state index contributed by atoms with van der Waals surface area (Å²) in [7, 11) is 0. The molecule has 15 heavy (non-hydrogen) atoms. The first-order valence-electron chi connectivity index (χ1n) is 5.44. The van der Waals surface area contributed by atoms with E-state index in [1.54, 1.807) is 11.8 Å². The molecule has 0 aromatic carbocycles. The van der Waals surface area contributed by atoms with Crippen LogP contribution >= 0.6 is 11.8 Å². The zero-order valence-corrected chi connectivity index (χ0v) is 10.5. The van der Waals surface area contributed by atoms with Gasteiger partial charge < -0.3 is 10.3 Å². The van der Waals surface area contributed by atoms with Crippen LogP contribution in [-0.4, -0.2) is 20.5 Å². The van der Waals surface area contributed by atoms with Crippen LogP contribution < -0.4 is 5.73 Å². The molecule has 0 saturated heterocycles. The van der Waals surface area contributed by atoms with E-state index >= 15 is 0 Å². The molecule has 0 unspecified atom stereocenters. The van der Waals surface area contributed by atoms with E-state index in [-0.39, 0.29) is 0 Å². The van der Waals surface area contributed by atoms with Gasteiger partial charge in [-0.25, -0.2) is 0 Å². The van der Waals surface area contributed by atoms with E-state index in [0.29, 0.717) is 6.54 Å². The fourth-order valence-electron chi connectivity index (χ4n) is 1.28. The molecule has 1 rings (SSSR count). The van der Waals surface area contributed by atoms with Crippen molar-refractivity contribution in [1.29, 1.82) is 0 Å². The highest BCUT2D eigenvalue weighted by Gasteiger charge is 2.09. The Hall–Kier alpha value is -0.550. The van der Waals surface area contributed by atoms with Crippen LogP contribution in [-0.2, 0) is 13.1 Å². The second kappa shape index (κ2) is 6.12. The molecule has 2 N–H and O–H groups in total. The molecule has 0 amide bonds. The predicted octanol–water partition coefficient (Wildman–Crippen LogP) is 1.89. The van der Waals surface area contributed by atoms with Crippen LogP contribution in [0.5, 0.6) is 0 Å². The summed E-state index contributed by atoms with van der Waals surface area (Å²) in [5, 5.41) is 9.22. The zero-order valence-electron chi connectivity index (χ0n) is 9.73. The molecule has 0 saturated carbocycles. The summed E-state index contributed by atoms with van der Waals surface area (Å²) in [5.41, 5.74) is 5.58. The molecular weight excluding hydrogens is 208 g/mol. The van der Waals surface area contributed by atoms with Gasteiger partial charge in [-0.05, 0) is 19.3 Å². The summed E-state index contributed by atoms with van der Waals surface area (Å²) < 4.78 is 2.09. The average molecular weight is 228 g/mol. The van der Waals surface area contributed by atoms with Gasteiger partial charge in [-0.3, -0.25) is 0 Å². The van der Waals surface area contributed by atoms with E-state index in [9.17, 15) is 0 Å². The molecule has 0 aliphatic rings. The van der Waals surface area contributed by atoms with Gasteiger partial charge in [0, 0.05) is 12.3 Å². The number of aromatic nitrogens is 3. The quantitative estimate of drug-likeness (QED) is 0.755. The summed E-state index contributed by atoms with van der Waals surface area (Å²) in [4.78, 5) is 0. The largest absolute Gasteiger partial charge is 0.324 e. The van der Waals surface area contributed by atoms with Gasteiger partial charge >= 0.3 is 0 Å². The Kier molecular flexibility index (Phi) is 5.11. The van der Waals surface area contributed by atoms with Crippen LogP contribution in [0, 0.1) is 5.92 Å². The van der Waals surface area contributed by atoms with E-state index in [1.165, 1.54) is 6.42 Å². The number of hydrogen-bond acceptors (Lipinski definition) is 4. The fourth-order valence-corrected chi connectivity index (χ4v) is 2.54. The molecule has 1 aromatic rings. The Morgan fingerprint density at radius 3 is 2.67 bits per heavy atom. The lowest BCUT2D eigenvalue weighted by Gasteiger charge is -2.06. The fraction of sp³-hybridized carbons (Fsp3) is 0.800. The van der Waals surface area contributed by atoms with Crippen molar-refractivity contribution in [1.82, 2.24) is 14.8 Å². The van der Waals surface area contributed by atoms with Crippen molar-refractivity contribution in [2.45, 2.75) is 45.4 Å². The van der Waals surface area contributed by atoms with Gasteiger partial charge in [-0.1, -0.05) is 25.6 Å². The molecule has 5 heteroatoms. The van der Waals surface area contributed by atoms with Gasteiger partial charge in [0.05, 0.1) is 6.54 Å².